The summed E-state index contributed by atoms with van der Waals surface area (Å²) in [7, 11) is 2.05. The molecule has 0 spiro atoms. The maximum Gasteiger partial charge on any atom is 0.368 e. The van der Waals surface area contributed by atoms with E-state index in [1.165, 1.54) is 43.1 Å². The molecule has 1 heterocycles. The van der Waals surface area contributed by atoms with Gasteiger partial charge in [-0.25, -0.2) is 9.10 Å². The van der Waals surface area contributed by atoms with E-state index in [0.29, 0.717) is 18.1 Å². The lowest BCUT2D eigenvalue weighted by atomic mass is 9.80. The van der Waals surface area contributed by atoms with Crippen LogP contribution in [0.25, 0.3) is 0 Å². The quantitative estimate of drug-likeness (QED) is 0.242. The van der Waals surface area contributed by atoms with Gasteiger partial charge in [-0.05, 0) is 56.1 Å². The van der Waals surface area contributed by atoms with Crippen molar-refractivity contribution in [2.45, 2.75) is 62.3 Å². The highest BCUT2D eigenvalue weighted by atomic mass is 32.2. The molecule has 1 aliphatic heterocycles. The highest BCUT2D eigenvalue weighted by molar-refractivity contribution is 7.98. The molecule has 0 unspecified atom stereocenters. The number of hydrogen-bond acceptors (Lipinski definition) is 6. The Kier molecular flexibility index (Phi) is 9.84. The van der Waals surface area contributed by atoms with E-state index in [1.807, 2.05) is 19.4 Å². The number of unbranched alkanes of at least 4 members (excludes halogenated alkanes) is 1. The summed E-state index contributed by atoms with van der Waals surface area (Å²) in [5, 5.41) is 8.66. The molecule has 0 saturated heterocycles. The Morgan fingerprint density at radius 1 is 1.33 bits per heavy atom. The molecule has 1 aromatic rings. The molecule has 0 atom stereocenters. The zero-order valence-corrected chi connectivity index (χ0v) is 20.1. The van der Waals surface area contributed by atoms with Crippen molar-refractivity contribution in [1.29, 1.82) is 0 Å². The molecular formula is C22H33FN2O3S2. The third-order valence-electron chi connectivity index (χ3n) is 5.25. The number of aliphatic carboxylic acids is 1. The molecule has 0 aromatic heterocycles. The van der Waals surface area contributed by atoms with Crippen LogP contribution in [0.2, 0.25) is 0 Å². The molecule has 1 N–H and O–H groups in total. The predicted molar refractivity (Wildman–Crippen MR) is 124 cm³/mol. The van der Waals surface area contributed by atoms with Crippen LogP contribution in [0.3, 0.4) is 0 Å². The van der Waals surface area contributed by atoms with Crippen molar-refractivity contribution in [1.82, 2.24) is 4.31 Å². The van der Waals surface area contributed by atoms with Crippen LogP contribution in [0.5, 0.6) is 5.75 Å². The van der Waals surface area contributed by atoms with Gasteiger partial charge in [0.2, 0.25) is 5.83 Å². The lowest BCUT2D eigenvalue weighted by Crippen LogP contribution is -2.45. The van der Waals surface area contributed by atoms with Crippen molar-refractivity contribution in [3.05, 3.63) is 24.2 Å². The van der Waals surface area contributed by atoms with E-state index in [1.54, 1.807) is 11.9 Å². The summed E-state index contributed by atoms with van der Waals surface area (Å²) in [4.78, 5) is 15.0. The average Bonchev–Trinajstić information content (AvgIpc) is 2.86. The Bertz CT molecular complexity index is 752. The van der Waals surface area contributed by atoms with Crippen molar-refractivity contribution in [2.75, 3.05) is 31.3 Å². The number of nitrogens with zero attached hydrogens (tertiary/aromatic N) is 2. The van der Waals surface area contributed by atoms with E-state index in [-0.39, 0.29) is 0 Å². The van der Waals surface area contributed by atoms with Crippen LogP contribution in [-0.2, 0) is 4.79 Å². The maximum atomic E-state index is 13.3. The fourth-order valence-corrected chi connectivity index (χ4v) is 4.80. The van der Waals surface area contributed by atoms with Gasteiger partial charge in [-0.3, -0.25) is 0 Å². The number of carboxylic acid groups (broad SMARTS) is 1. The zero-order chi connectivity index (χ0) is 22.3. The Morgan fingerprint density at radius 3 is 2.53 bits per heavy atom. The summed E-state index contributed by atoms with van der Waals surface area (Å²) in [5.41, 5.74) is 1.18. The minimum atomic E-state index is -1.63. The molecule has 30 heavy (non-hydrogen) atoms. The molecule has 0 radical (unpaired) electrons. The van der Waals surface area contributed by atoms with E-state index in [2.05, 4.69) is 36.0 Å². The molecular weight excluding hydrogens is 423 g/mol. The molecule has 3 rings (SSSR count). The molecule has 1 fully saturated rings. The van der Waals surface area contributed by atoms with Gasteiger partial charge in [0.1, 0.15) is 12.0 Å². The van der Waals surface area contributed by atoms with Gasteiger partial charge in [0.15, 0.2) is 0 Å². The Balaban J connectivity index is 0.000000735. The first-order valence-electron chi connectivity index (χ1n) is 10.4. The van der Waals surface area contributed by atoms with Gasteiger partial charge in [-0.2, -0.15) is 4.39 Å². The van der Waals surface area contributed by atoms with E-state index in [0.717, 1.165) is 28.8 Å². The normalized spacial score (nSPS) is 21.7. The lowest BCUT2D eigenvalue weighted by molar-refractivity contribution is -0.134. The van der Waals surface area contributed by atoms with E-state index in [9.17, 15) is 9.18 Å². The number of hydrogen-bond donors (Lipinski definition) is 1. The van der Waals surface area contributed by atoms with Crippen LogP contribution >= 0.6 is 23.7 Å². The number of likely N-dealkylation sites (N-methyl/N-ethyl adjacent to an activating group) is 1. The average molecular weight is 457 g/mol. The summed E-state index contributed by atoms with van der Waals surface area (Å²) >= 11 is 3.14. The minimum absolute atomic E-state index is 0.470. The van der Waals surface area contributed by atoms with Crippen LogP contribution < -0.4 is 9.64 Å². The minimum Gasteiger partial charge on any atom is -0.476 e. The highest BCUT2D eigenvalue weighted by Gasteiger charge is 2.34. The van der Waals surface area contributed by atoms with Gasteiger partial charge >= 0.3 is 5.97 Å². The summed E-state index contributed by atoms with van der Waals surface area (Å²) < 4.78 is 20.8. The van der Waals surface area contributed by atoms with Crippen molar-refractivity contribution in [3.63, 3.8) is 0 Å². The lowest BCUT2D eigenvalue weighted by Gasteiger charge is -2.43. The van der Waals surface area contributed by atoms with Crippen LogP contribution in [0.4, 0.5) is 10.1 Å². The van der Waals surface area contributed by atoms with Crippen LogP contribution in [-0.4, -0.2) is 47.8 Å². The molecule has 1 saturated carbocycles. The number of anilines is 1. The van der Waals surface area contributed by atoms with Gasteiger partial charge < -0.3 is 14.7 Å². The van der Waals surface area contributed by atoms with E-state index < -0.39 is 11.8 Å². The summed E-state index contributed by atoms with van der Waals surface area (Å²) in [6.45, 7) is 8.56. The van der Waals surface area contributed by atoms with Gasteiger partial charge in [-0.15, -0.1) is 11.8 Å². The fourth-order valence-electron chi connectivity index (χ4n) is 3.32. The van der Waals surface area contributed by atoms with Crippen LogP contribution in [0, 0.1) is 5.92 Å². The number of carboxylic acids is 1. The smallest absolute Gasteiger partial charge is 0.368 e. The number of rotatable bonds is 6. The molecule has 2 aliphatic rings. The SMILES string of the molecule is CCCC.CSc1cc2c(cc1O/C=C(\F)C(=O)O)SN(C)CCN2C1CC(C)C1. The van der Waals surface area contributed by atoms with Crippen molar-refractivity contribution in [3.8, 4) is 5.75 Å². The second kappa shape index (κ2) is 11.9. The number of ether oxygens (including phenoxy) is 1. The number of fused-ring (bicyclic) bond motifs is 1. The van der Waals surface area contributed by atoms with Crippen molar-refractivity contribution in [2.24, 2.45) is 5.92 Å². The molecule has 1 aliphatic carbocycles. The first-order valence-corrected chi connectivity index (χ1v) is 12.4. The number of carbonyl (C=O) groups is 1. The van der Waals surface area contributed by atoms with E-state index in [4.69, 9.17) is 9.84 Å². The first kappa shape index (κ1) is 24.9. The van der Waals surface area contributed by atoms with Crippen molar-refractivity contribution < 1.29 is 19.0 Å². The Hall–Kier alpha value is -1.38. The van der Waals surface area contributed by atoms with Crippen LogP contribution in [0.15, 0.2) is 34.0 Å². The molecule has 8 heteroatoms. The first-order chi connectivity index (χ1) is 14.3. The summed E-state index contributed by atoms with van der Waals surface area (Å²) in [6, 6.07) is 4.52. The molecule has 0 bridgehead atoms. The highest BCUT2D eigenvalue weighted by Crippen LogP contribution is 2.45. The molecule has 5 nitrogen and oxygen atoms in total. The fraction of sp³-hybridized carbons (Fsp3) is 0.591. The van der Waals surface area contributed by atoms with Gasteiger partial charge in [0.05, 0.1) is 15.5 Å². The van der Waals surface area contributed by atoms with Crippen LogP contribution in [0.1, 0.15) is 46.5 Å². The van der Waals surface area contributed by atoms with Gasteiger partial charge in [0.25, 0.3) is 0 Å². The van der Waals surface area contributed by atoms with Gasteiger partial charge in [0, 0.05) is 19.1 Å². The zero-order valence-electron chi connectivity index (χ0n) is 18.5. The third kappa shape index (κ3) is 6.56. The Labute approximate surface area is 188 Å². The predicted octanol–water partition coefficient (Wildman–Crippen LogP) is 6.05. The third-order valence-corrected chi connectivity index (χ3v) is 7.02. The maximum absolute atomic E-state index is 13.3. The topological polar surface area (TPSA) is 53.0 Å². The largest absolute Gasteiger partial charge is 0.476 e. The standard InChI is InChI=1S/C18H23FN2O3S2.C4H10/c1-11-6-12(7-11)21-5-4-20(2)26-16-9-15(17(25-3)8-14(16)21)24-10-13(19)18(22)23;1-3-4-2/h8-12H,4-7H2,1-3H3,(H,22,23);3-4H2,1-2H3/b13-10-;. The number of thioether (sulfide) groups is 1. The number of benzene rings is 1. The Morgan fingerprint density at radius 2 is 2.00 bits per heavy atom. The summed E-state index contributed by atoms with van der Waals surface area (Å²) in [5.74, 6) is -1.71. The van der Waals surface area contributed by atoms with E-state index >= 15 is 0 Å². The molecule has 168 valence electrons. The molecule has 1 aromatic carbocycles. The van der Waals surface area contributed by atoms with Gasteiger partial charge in [-0.1, -0.05) is 33.6 Å². The second-order valence-corrected chi connectivity index (χ2v) is 9.82. The second-order valence-electron chi connectivity index (χ2n) is 7.73. The monoisotopic (exact) mass is 456 g/mol. The van der Waals surface area contributed by atoms with Crippen molar-refractivity contribution >= 4 is 35.4 Å². The summed E-state index contributed by atoms with van der Waals surface area (Å²) in [6.07, 6.45) is 7.62. The number of halogens is 1. The molecule has 0 amide bonds.